The van der Waals surface area contributed by atoms with E-state index in [0.29, 0.717) is 18.0 Å². The molecule has 2 unspecified atom stereocenters. The van der Waals surface area contributed by atoms with Gasteiger partial charge in [0.1, 0.15) is 1.41 Å². The zero-order chi connectivity index (χ0) is 14.3. The summed E-state index contributed by atoms with van der Waals surface area (Å²) in [5.74, 6) is 0.652. The number of nitrogens with zero attached hydrogens (tertiary/aromatic N) is 1. The first-order valence-corrected chi connectivity index (χ1v) is 7.72. The third-order valence-corrected chi connectivity index (χ3v) is 5.02. The molecule has 2 nitrogen and oxygen atoms in total. The van der Waals surface area contributed by atoms with Gasteiger partial charge in [-0.15, -0.1) is 0 Å². The summed E-state index contributed by atoms with van der Waals surface area (Å²) in [6, 6.07) is 9.33. The predicted molar refractivity (Wildman–Crippen MR) is 81.5 cm³/mol. The maximum atomic E-state index is 8.53. The van der Waals surface area contributed by atoms with Crippen LogP contribution in [0.5, 0.6) is 0 Å². The fraction of sp³-hybridized carbons (Fsp3) is 0.647. The van der Waals surface area contributed by atoms with E-state index in [-0.39, 0.29) is 6.17 Å². The van der Waals surface area contributed by atoms with Crippen molar-refractivity contribution in [2.45, 2.75) is 64.7 Å². The number of rotatable bonds is 2. The highest BCUT2D eigenvalue weighted by atomic mass is 15.4. The van der Waals surface area contributed by atoms with Crippen LogP contribution in [0.2, 0.25) is 1.41 Å². The van der Waals surface area contributed by atoms with Crippen LogP contribution >= 0.6 is 0 Å². The van der Waals surface area contributed by atoms with Gasteiger partial charge in [-0.2, -0.15) is 0 Å². The Hall–Kier alpha value is -1.02. The minimum Gasteiger partial charge on any atom is -0.351 e. The molecule has 1 heterocycles. The van der Waals surface area contributed by atoms with Crippen molar-refractivity contribution in [1.82, 2.24) is 5.31 Å². The zero-order valence-corrected chi connectivity index (χ0v) is 12.3. The molecule has 2 fully saturated rings. The topological polar surface area (TPSA) is 15.3 Å². The molecule has 1 aromatic carbocycles. The summed E-state index contributed by atoms with van der Waals surface area (Å²) in [5, 5.41) is 1.87. The smallest absolute Gasteiger partial charge is 0.125 e. The number of hydrogen-bond acceptors (Lipinski definition) is 2. The Morgan fingerprint density at radius 3 is 2.58 bits per heavy atom. The molecule has 2 heteroatoms. The molecule has 1 saturated heterocycles. The van der Waals surface area contributed by atoms with Gasteiger partial charge in [0.25, 0.3) is 0 Å². The fourth-order valence-corrected chi connectivity index (χ4v) is 3.73. The lowest BCUT2D eigenvalue weighted by molar-refractivity contribution is 0.387. The number of aryl methyl sites for hydroxylation is 1. The summed E-state index contributed by atoms with van der Waals surface area (Å²) >= 11 is 0. The summed E-state index contributed by atoms with van der Waals surface area (Å²) < 4.78 is 8.53. The number of para-hydroxylation sites is 1. The van der Waals surface area contributed by atoms with Crippen LogP contribution in [-0.4, -0.2) is 18.2 Å². The normalized spacial score (nSPS) is 33.9. The first-order chi connectivity index (χ1) is 9.61. The predicted octanol–water partition coefficient (Wildman–Crippen LogP) is 3.70. The molecule has 0 aromatic heterocycles. The molecule has 2 aliphatic rings. The van der Waals surface area contributed by atoms with Crippen LogP contribution in [0, 0.1) is 12.8 Å². The highest BCUT2D eigenvalue weighted by Gasteiger charge is 2.40. The van der Waals surface area contributed by atoms with E-state index in [9.17, 15) is 0 Å². The lowest BCUT2D eigenvalue weighted by atomic mass is 10.0. The molecule has 0 bridgehead atoms. The summed E-state index contributed by atoms with van der Waals surface area (Å²) in [5.41, 5.74) is 2.64. The Morgan fingerprint density at radius 1 is 1.21 bits per heavy atom. The van der Waals surface area contributed by atoms with Crippen molar-refractivity contribution in [3.63, 3.8) is 0 Å². The van der Waals surface area contributed by atoms with Crippen LogP contribution in [-0.2, 0) is 0 Å². The molecule has 1 aliphatic carbocycles. The summed E-state index contributed by atoms with van der Waals surface area (Å²) in [6.45, 7) is 6.65. The molecule has 1 aromatic rings. The van der Waals surface area contributed by atoms with E-state index in [2.05, 4.69) is 49.9 Å². The zero-order valence-electron chi connectivity index (χ0n) is 13.3. The van der Waals surface area contributed by atoms with E-state index in [1.165, 1.54) is 36.9 Å². The second-order valence-corrected chi connectivity index (χ2v) is 6.28. The summed E-state index contributed by atoms with van der Waals surface area (Å²) in [4.78, 5) is 2.52. The van der Waals surface area contributed by atoms with E-state index in [0.717, 1.165) is 0 Å². The van der Waals surface area contributed by atoms with Gasteiger partial charge in [0.05, 0.1) is 6.17 Å². The second-order valence-electron chi connectivity index (χ2n) is 6.28. The average molecular weight is 259 g/mol. The van der Waals surface area contributed by atoms with Crippen LogP contribution in [0.4, 0.5) is 5.69 Å². The highest BCUT2D eigenvalue weighted by Crippen LogP contribution is 2.37. The van der Waals surface area contributed by atoms with Gasteiger partial charge in [-0.1, -0.05) is 31.0 Å². The van der Waals surface area contributed by atoms with E-state index in [1.54, 1.807) is 0 Å². The largest absolute Gasteiger partial charge is 0.351 e. The minimum absolute atomic E-state index is 0.253. The molecule has 1 N–H and O–H groups in total. The van der Waals surface area contributed by atoms with Crippen molar-refractivity contribution < 1.29 is 1.41 Å². The third-order valence-electron chi connectivity index (χ3n) is 5.02. The first kappa shape index (κ1) is 11.8. The monoisotopic (exact) mass is 259 g/mol. The molecule has 3 atom stereocenters. The fourth-order valence-electron chi connectivity index (χ4n) is 3.73. The molecular weight excluding hydrogens is 232 g/mol. The van der Waals surface area contributed by atoms with Gasteiger partial charge in [-0.3, -0.25) is 5.31 Å². The van der Waals surface area contributed by atoms with Crippen molar-refractivity contribution >= 4 is 5.69 Å². The van der Waals surface area contributed by atoms with Gasteiger partial charge < -0.3 is 4.90 Å². The van der Waals surface area contributed by atoms with Crippen LogP contribution in [0.3, 0.4) is 0 Å². The number of benzene rings is 1. The van der Waals surface area contributed by atoms with Gasteiger partial charge in [0, 0.05) is 17.8 Å². The second kappa shape index (κ2) is 5.16. The molecule has 19 heavy (non-hydrogen) atoms. The van der Waals surface area contributed by atoms with Crippen LogP contribution < -0.4 is 10.2 Å². The Morgan fingerprint density at radius 2 is 1.89 bits per heavy atom. The van der Waals surface area contributed by atoms with Gasteiger partial charge in [-0.05, 0) is 51.2 Å². The van der Waals surface area contributed by atoms with Crippen molar-refractivity contribution in [1.29, 1.82) is 0 Å². The van der Waals surface area contributed by atoms with Crippen LogP contribution in [0.25, 0.3) is 0 Å². The Labute approximate surface area is 118 Å². The molecule has 3 rings (SSSR count). The van der Waals surface area contributed by atoms with Crippen LogP contribution in [0.1, 0.15) is 45.1 Å². The first-order valence-electron chi connectivity index (χ1n) is 8.17. The SMILES string of the molecule is [2H]N1C(C)[C@H](C)N(c2ccccc2C)C1C1CCCC1. The Bertz CT molecular complexity index is 468. The quantitative estimate of drug-likeness (QED) is 0.871. The van der Waals surface area contributed by atoms with E-state index < -0.39 is 0 Å². The molecule has 0 radical (unpaired) electrons. The third kappa shape index (κ3) is 2.27. The lowest BCUT2D eigenvalue weighted by Gasteiger charge is -2.34. The Balaban J connectivity index is 1.98. The summed E-state index contributed by atoms with van der Waals surface area (Å²) in [7, 11) is 0. The van der Waals surface area contributed by atoms with Gasteiger partial charge in [-0.25, -0.2) is 0 Å². The standard InChI is InChI=1S/C17H26N2/c1-12-8-4-7-11-16(12)19-14(3)13(2)18-17(19)15-9-5-6-10-15/h4,7-8,11,13-15,17-18H,5-6,9-10H2,1-3H3/t13?,14-,17?/m0/s1/i/hD. The lowest BCUT2D eigenvalue weighted by Crippen LogP contribution is -2.43. The Kier molecular flexibility index (Phi) is 3.20. The molecule has 0 spiro atoms. The number of nitrogens with one attached hydrogen (secondary N) is 1. The molecule has 1 saturated carbocycles. The van der Waals surface area contributed by atoms with E-state index in [4.69, 9.17) is 1.41 Å². The minimum atomic E-state index is 0.253. The van der Waals surface area contributed by atoms with Crippen LogP contribution in [0.15, 0.2) is 24.3 Å². The molecule has 104 valence electrons. The summed E-state index contributed by atoms with van der Waals surface area (Å²) in [6.07, 6.45) is 5.48. The highest BCUT2D eigenvalue weighted by molar-refractivity contribution is 5.56. The van der Waals surface area contributed by atoms with Crippen molar-refractivity contribution in [2.24, 2.45) is 5.92 Å². The number of hydrogen-bond donors (Lipinski definition) is 1. The van der Waals surface area contributed by atoms with Crippen molar-refractivity contribution in [3.05, 3.63) is 29.8 Å². The number of anilines is 1. The van der Waals surface area contributed by atoms with E-state index >= 15 is 0 Å². The molecule has 1 aliphatic heterocycles. The van der Waals surface area contributed by atoms with Gasteiger partial charge in [0.2, 0.25) is 0 Å². The van der Waals surface area contributed by atoms with Gasteiger partial charge in [0.15, 0.2) is 0 Å². The van der Waals surface area contributed by atoms with Crippen molar-refractivity contribution in [2.75, 3.05) is 4.90 Å². The molecular formula is C17H26N2. The maximum absolute atomic E-state index is 8.53. The van der Waals surface area contributed by atoms with E-state index in [1.807, 2.05) is 5.31 Å². The maximum Gasteiger partial charge on any atom is 0.125 e. The van der Waals surface area contributed by atoms with Crippen molar-refractivity contribution in [3.8, 4) is 0 Å². The van der Waals surface area contributed by atoms with Gasteiger partial charge >= 0.3 is 0 Å². The average Bonchev–Trinajstić information content (AvgIpc) is 3.03. The molecule has 0 amide bonds.